The van der Waals surface area contributed by atoms with Gasteiger partial charge in [0.15, 0.2) is 0 Å². The van der Waals surface area contributed by atoms with Crippen LogP contribution < -0.4 is 4.72 Å². The predicted molar refractivity (Wildman–Crippen MR) is 132 cm³/mol. The molecular weight excluding hydrogens is 450 g/mol. The van der Waals surface area contributed by atoms with Crippen LogP contribution in [0, 0.1) is 11.3 Å². The van der Waals surface area contributed by atoms with Crippen LogP contribution in [0.5, 0.6) is 0 Å². The second-order valence-corrected chi connectivity index (χ2v) is 11.0. The maximum Gasteiger partial charge on any atom is 0.264 e. The molecule has 0 atom stereocenters. The Labute approximate surface area is 200 Å². The lowest BCUT2D eigenvalue weighted by Gasteiger charge is -2.39. The number of nitrogens with one attached hydrogen (secondary N) is 1. The lowest BCUT2D eigenvalue weighted by atomic mass is 9.74. The van der Waals surface area contributed by atoms with Gasteiger partial charge in [0.1, 0.15) is 11.2 Å². The van der Waals surface area contributed by atoms with E-state index in [9.17, 15) is 18.0 Å². The molecule has 1 fully saturated rings. The van der Waals surface area contributed by atoms with Gasteiger partial charge in [0.05, 0.1) is 5.52 Å². The maximum absolute atomic E-state index is 13.0. The quantitative estimate of drug-likeness (QED) is 0.503. The molecule has 2 heterocycles. The topological polar surface area (TPSA) is 96.4 Å². The number of hydrogen-bond acceptors (Lipinski definition) is 5. The average molecular weight is 480 g/mol. The number of fused-ring (bicyclic) bond motifs is 1. The van der Waals surface area contributed by atoms with Crippen molar-refractivity contribution in [3.63, 3.8) is 0 Å². The molecule has 1 N–H and O–H groups in total. The molecule has 34 heavy (non-hydrogen) atoms. The lowest BCUT2D eigenvalue weighted by molar-refractivity contribution is -0.119. The monoisotopic (exact) mass is 479 g/mol. The van der Waals surface area contributed by atoms with Crippen molar-refractivity contribution in [3.05, 3.63) is 66.4 Å². The molecule has 0 bridgehead atoms. The zero-order valence-electron chi connectivity index (χ0n) is 19.4. The summed E-state index contributed by atoms with van der Waals surface area (Å²) in [4.78, 5) is 30.8. The van der Waals surface area contributed by atoms with Gasteiger partial charge in [-0.15, -0.1) is 0 Å². The van der Waals surface area contributed by atoms with E-state index >= 15 is 0 Å². The maximum atomic E-state index is 13.0. The van der Waals surface area contributed by atoms with Crippen LogP contribution in [0.15, 0.2) is 65.7 Å². The first kappa shape index (κ1) is 23.9. The van der Waals surface area contributed by atoms with Crippen molar-refractivity contribution < 1.29 is 18.0 Å². The van der Waals surface area contributed by atoms with E-state index in [0.29, 0.717) is 48.6 Å². The first-order chi connectivity index (χ1) is 16.2. The summed E-state index contributed by atoms with van der Waals surface area (Å²) in [5.41, 5.74) is 0.902. The molecule has 1 saturated heterocycles. The molecule has 0 spiro atoms. The zero-order chi connectivity index (χ0) is 24.3. The van der Waals surface area contributed by atoms with Crippen LogP contribution in [0.4, 0.5) is 5.69 Å². The number of hydrogen-bond donors (Lipinski definition) is 1. The predicted octanol–water partition coefficient (Wildman–Crippen LogP) is 4.50. The number of nitrogens with zero attached hydrogens (tertiary/aromatic N) is 2. The summed E-state index contributed by atoms with van der Waals surface area (Å²) >= 11 is 0. The molecule has 3 aromatic rings. The summed E-state index contributed by atoms with van der Waals surface area (Å²) in [5, 5.41) is 0.736. The molecule has 178 valence electrons. The van der Waals surface area contributed by atoms with Crippen molar-refractivity contribution in [2.24, 2.45) is 11.3 Å². The van der Waals surface area contributed by atoms with Gasteiger partial charge in [0, 0.05) is 41.3 Å². The Kier molecular flexibility index (Phi) is 6.70. The third kappa shape index (κ3) is 4.97. The van der Waals surface area contributed by atoms with Crippen molar-refractivity contribution in [3.8, 4) is 0 Å². The van der Waals surface area contributed by atoms with E-state index in [4.69, 9.17) is 0 Å². The molecule has 2 aromatic carbocycles. The molecule has 1 aromatic heterocycles. The fourth-order valence-corrected chi connectivity index (χ4v) is 5.94. The Morgan fingerprint density at radius 3 is 2.41 bits per heavy atom. The number of rotatable bonds is 7. The standard InChI is InChI=1S/C26H29N3O4S/c1-19(2)17-26(18-30)12-15-29(16-13-26)25(31)21-8-10-22(11-9-21)28-34(32,33)23-7-3-5-20-6-4-14-27-24(20)23/h3-11,14,18-19,28H,12-13,15-17H2,1-2H3. The third-order valence-electron chi connectivity index (χ3n) is 6.38. The minimum absolute atomic E-state index is 0.0964. The summed E-state index contributed by atoms with van der Waals surface area (Å²) in [5.74, 6) is 0.310. The van der Waals surface area contributed by atoms with Gasteiger partial charge in [-0.2, -0.15) is 0 Å². The number of carbonyl (C=O) groups excluding carboxylic acids is 2. The highest BCUT2D eigenvalue weighted by Gasteiger charge is 2.36. The number of amides is 1. The summed E-state index contributed by atoms with van der Waals surface area (Å²) in [7, 11) is -3.86. The van der Waals surface area contributed by atoms with E-state index < -0.39 is 10.0 Å². The van der Waals surface area contributed by atoms with E-state index in [1.165, 1.54) is 6.07 Å². The van der Waals surface area contributed by atoms with Gasteiger partial charge in [0.25, 0.3) is 15.9 Å². The fraction of sp³-hybridized carbons (Fsp3) is 0.346. The summed E-state index contributed by atoms with van der Waals surface area (Å²) in [6.07, 6.45) is 4.79. The summed E-state index contributed by atoms with van der Waals surface area (Å²) < 4.78 is 28.6. The summed E-state index contributed by atoms with van der Waals surface area (Å²) in [6, 6.07) is 15.0. The van der Waals surface area contributed by atoms with Crippen LogP contribution in [0.3, 0.4) is 0 Å². The van der Waals surface area contributed by atoms with Crippen LogP contribution in [0.25, 0.3) is 10.9 Å². The van der Waals surface area contributed by atoms with Gasteiger partial charge < -0.3 is 9.69 Å². The number of para-hydroxylation sites is 1. The van der Waals surface area contributed by atoms with Gasteiger partial charge in [-0.3, -0.25) is 14.5 Å². The highest BCUT2D eigenvalue weighted by Crippen LogP contribution is 2.36. The third-order valence-corrected chi connectivity index (χ3v) is 7.79. The molecule has 7 nitrogen and oxygen atoms in total. The van der Waals surface area contributed by atoms with E-state index in [0.717, 1.165) is 18.1 Å². The van der Waals surface area contributed by atoms with Gasteiger partial charge in [-0.25, -0.2) is 8.42 Å². The van der Waals surface area contributed by atoms with Crippen molar-refractivity contribution in [2.45, 2.75) is 38.0 Å². The number of sulfonamides is 1. The largest absolute Gasteiger partial charge is 0.339 e. The number of carbonyl (C=O) groups is 2. The number of aromatic nitrogens is 1. The van der Waals surface area contributed by atoms with Gasteiger partial charge in [0.2, 0.25) is 0 Å². The molecule has 0 radical (unpaired) electrons. The second-order valence-electron chi connectivity index (χ2n) is 9.38. The van der Waals surface area contributed by atoms with Gasteiger partial charge in [-0.1, -0.05) is 32.0 Å². The second kappa shape index (κ2) is 9.54. The van der Waals surface area contributed by atoms with E-state index in [1.807, 2.05) is 12.1 Å². The number of benzene rings is 2. The Balaban J connectivity index is 1.45. The molecule has 0 saturated carbocycles. The Morgan fingerprint density at radius 2 is 1.76 bits per heavy atom. The van der Waals surface area contributed by atoms with Crippen LogP contribution in [0.1, 0.15) is 43.5 Å². The molecule has 8 heteroatoms. The van der Waals surface area contributed by atoms with E-state index in [2.05, 4.69) is 23.6 Å². The number of aldehydes is 1. The highest BCUT2D eigenvalue weighted by atomic mass is 32.2. The average Bonchev–Trinajstić information content (AvgIpc) is 2.83. The number of likely N-dealkylation sites (tertiary alicyclic amines) is 1. The first-order valence-corrected chi connectivity index (χ1v) is 12.9. The molecule has 1 aliphatic rings. The van der Waals surface area contributed by atoms with E-state index in [1.54, 1.807) is 47.5 Å². The Morgan fingerprint density at radius 1 is 1.09 bits per heavy atom. The van der Waals surface area contributed by atoms with Gasteiger partial charge in [-0.05, 0) is 61.6 Å². The van der Waals surface area contributed by atoms with Crippen LogP contribution in [-0.4, -0.2) is 43.6 Å². The molecule has 1 amide bonds. The lowest BCUT2D eigenvalue weighted by Crippen LogP contribution is -2.44. The van der Waals surface area contributed by atoms with Crippen LogP contribution in [0.2, 0.25) is 0 Å². The minimum Gasteiger partial charge on any atom is -0.339 e. The normalized spacial score (nSPS) is 15.9. The van der Waals surface area contributed by atoms with Crippen molar-refractivity contribution in [2.75, 3.05) is 17.8 Å². The molecule has 1 aliphatic heterocycles. The fourth-order valence-electron chi connectivity index (χ4n) is 4.70. The SMILES string of the molecule is CC(C)CC1(C=O)CCN(C(=O)c2ccc(NS(=O)(=O)c3cccc4cccnc34)cc2)CC1. The number of piperidine rings is 1. The van der Waals surface area contributed by atoms with Crippen molar-refractivity contribution >= 4 is 38.8 Å². The van der Waals surface area contributed by atoms with Crippen LogP contribution in [-0.2, 0) is 14.8 Å². The molecule has 4 rings (SSSR count). The highest BCUT2D eigenvalue weighted by molar-refractivity contribution is 7.93. The minimum atomic E-state index is -3.86. The number of anilines is 1. The first-order valence-electron chi connectivity index (χ1n) is 11.5. The zero-order valence-corrected chi connectivity index (χ0v) is 20.2. The smallest absolute Gasteiger partial charge is 0.264 e. The molecule has 0 aliphatic carbocycles. The Bertz CT molecular complexity index is 1290. The number of pyridine rings is 1. The van der Waals surface area contributed by atoms with Crippen molar-refractivity contribution in [1.29, 1.82) is 0 Å². The van der Waals surface area contributed by atoms with E-state index in [-0.39, 0.29) is 16.2 Å². The Hall–Kier alpha value is -3.26. The molecule has 0 unspecified atom stereocenters. The van der Waals surface area contributed by atoms with Crippen LogP contribution >= 0.6 is 0 Å². The van der Waals surface area contributed by atoms with Gasteiger partial charge >= 0.3 is 0 Å². The molecular formula is C26H29N3O4S. The van der Waals surface area contributed by atoms with Crippen molar-refractivity contribution in [1.82, 2.24) is 9.88 Å². The summed E-state index contributed by atoms with van der Waals surface area (Å²) in [6.45, 7) is 5.28.